The van der Waals surface area contributed by atoms with Gasteiger partial charge in [-0.15, -0.1) is 23.5 Å². The first kappa shape index (κ1) is 20.4. The minimum Gasteiger partial charge on any atom is -0.497 e. The second kappa shape index (κ2) is 10.3. The van der Waals surface area contributed by atoms with E-state index in [1.54, 1.807) is 31.4 Å². The fourth-order valence-electron chi connectivity index (χ4n) is 2.57. The molecular formula is C20H21NO5S2. The van der Waals surface area contributed by atoms with E-state index in [1.165, 1.54) is 0 Å². The van der Waals surface area contributed by atoms with Crippen molar-refractivity contribution in [3.63, 3.8) is 0 Å². The van der Waals surface area contributed by atoms with Gasteiger partial charge in [-0.3, -0.25) is 4.79 Å². The lowest BCUT2D eigenvalue weighted by Gasteiger charge is -2.14. The van der Waals surface area contributed by atoms with Crippen LogP contribution in [-0.2, 0) is 14.3 Å². The van der Waals surface area contributed by atoms with E-state index in [2.05, 4.69) is 5.32 Å². The predicted octanol–water partition coefficient (Wildman–Crippen LogP) is 3.73. The molecule has 0 radical (unpaired) electrons. The third kappa shape index (κ3) is 5.84. The summed E-state index contributed by atoms with van der Waals surface area (Å²) in [7, 11) is 1.55. The zero-order chi connectivity index (χ0) is 19.8. The number of ether oxygens (including phenoxy) is 3. The number of rotatable bonds is 8. The van der Waals surface area contributed by atoms with Crippen molar-refractivity contribution in [1.29, 1.82) is 0 Å². The maximum atomic E-state index is 11.9. The van der Waals surface area contributed by atoms with Crippen LogP contribution in [0.15, 0.2) is 48.5 Å². The van der Waals surface area contributed by atoms with E-state index < -0.39 is 11.9 Å². The topological polar surface area (TPSA) is 73.9 Å². The summed E-state index contributed by atoms with van der Waals surface area (Å²) in [6, 6.07) is 14.6. The number of carbonyl (C=O) groups is 2. The molecule has 148 valence electrons. The highest BCUT2D eigenvalue weighted by Crippen LogP contribution is 2.48. The summed E-state index contributed by atoms with van der Waals surface area (Å²) in [4.78, 5) is 23.9. The minimum absolute atomic E-state index is 0.245. The normalized spacial score (nSPS) is 13.8. The van der Waals surface area contributed by atoms with Crippen LogP contribution >= 0.6 is 23.5 Å². The Morgan fingerprint density at radius 3 is 2.64 bits per heavy atom. The quantitative estimate of drug-likeness (QED) is 0.654. The molecule has 1 amide bonds. The molecule has 0 spiro atoms. The first-order valence-electron chi connectivity index (χ1n) is 8.70. The van der Waals surface area contributed by atoms with Crippen molar-refractivity contribution in [3.8, 4) is 11.5 Å². The Kier molecular flexibility index (Phi) is 7.50. The molecule has 1 N–H and O–H groups in total. The first-order valence-corrected chi connectivity index (χ1v) is 10.8. The standard InChI is InChI=1S/C20H21NO5S2/c1-24-15-6-4-5-14(11-15)21-18(22)12-26-19(23)13-25-17-8-3-2-7-16(17)20-27-9-10-28-20/h2-8,11,20H,9-10,12-13H2,1H3,(H,21,22). The van der Waals surface area contributed by atoms with E-state index >= 15 is 0 Å². The Balaban J connectivity index is 1.45. The molecule has 1 saturated heterocycles. The van der Waals surface area contributed by atoms with Crippen molar-refractivity contribution < 1.29 is 23.8 Å². The van der Waals surface area contributed by atoms with Gasteiger partial charge in [0, 0.05) is 28.8 Å². The smallest absolute Gasteiger partial charge is 0.344 e. The minimum atomic E-state index is -0.595. The number of carbonyl (C=O) groups excluding carboxylic acids is 2. The molecule has 3 rings (SSSR count). The predicted molar refractivity (Wildman–Crippen MR) is 112 cm³/mol. The van der Waals surface area contributed by atoms with Crippen molar-refractivity contribution >= 4 is 41.1 Å². The van der Waals surface area contributed by atoms with Gasteiger partial charge in [-0.1, -0.05) is 24.3 Å². The lowest BCUT2D eigenvalue weighted by molar-refractivity contribution is -0.149. The van der Waals surface area contributed by atoms with Crippen molar-refractivity contribution in [2.24, 2.45) is 0 Å². The fourth-order valence-corrected chi connectivity index (χ4v) is 5.48. The first-order chi connectivity index (χ1) is 13.7. The zero-order valence-corrected chi connectivity index (χ0v) is 17.0. The van der Waals surface area contributed by atoms with Crippen LogP contribution in [0.5, 0.6) is 11.5 Å². The Morgan fingerprint density at radius 1 is 1.07 bits per heavy atom. The highest BCUT2D eigenvalue weighted by atomic mass is 32.2. The summed E-state index contributed by atoms with van der Waals surface area (Å²) >= 11 is 3.73. The fraction of sp³-hybridized carbons (Fsp3) is 0.300. The summed E-state index contributed by atoms with van der Waals surface area (Å²) in [6.07, 6.45) is 0. The van der Waals surface area contributed by atoms with E-state index in [1.807, 2.05) is 47.8 Å². The molecule has 1 aliphatic rings. The number of esters is 1. The Hall–Kier alpha value is -2.32. The number of amides is 1. The molecule has 6 nitrogen and oxygen atoms in total. The maximum Gasteiger partial charge on any atom is 0.344 e. The second-order valence-electron chi connectivity index (χ2n) is 5.84. The highest BCUT2D eigenvalue weighted by molar-refractivity contribution is 8.19. The monoisotopic (exact) mass is 419 g/mol. The van der Waals surface area contributed by atoms with Gasteiger partial charge in [0.05, 0.1) is 11.7 Å². The zero-order valence-electron chi connectivity index (χ0n) is 15.4. The molecule has 0 aliphatic carbocycles. The van der Waals surface area contributed by atoms with Crippen LogP contribution in [0.2, 0.25) is 0 Å². The van der Waals surface area contributed by atoms with Crippen LogP contribution in [0.4, 0.5) is 5.69 Å². The van der Waals surface area contributed by atoms with Gasteiger partial charge in [0.2, 0.25) is 0 Å². The van der Waals surface area contributed by atoms with Gasteiger partial charge in [0.1, 0.15) is 11.5 Å². The number of nitrogens with one attached hydrogen (secondary N) is 1. The van der Waals surface area contributed by atoms with Crippen molar-refractivity contribution in [2.75, 3.05) is 37.1 Å². The third-order valence-corrected chi connectivity index (χ3v) is 6.93. The summed E-state index contributed by atoms with van der Waals surface area (Å²) in [5, 5.41) is 2.65. The lowest BCUT2D eigenvalue weighted by Crippen LogP contribution is -2.23. The largest absolute Gasteiger partial charge is 0.497 e. The van der Waals surface area contributed by atoms with Crippen LogP contribution < -0.4 is 14.8 Å². The summed E-state index contributed by atoms with van der Waals surface area (Å²) < 4.78 is 16.1. The maximum absolute atomic E-state index is 11.9. The number of para-hydroxylation sites is 1. The van der Waals surface area contributed by atoms with E-state index in [9.17, 15) is 9.59 Å². The van der Waals surface area contributed by atoms with Crippen LogP contribution in [-0.4, -0.2) is 43.7 Å². The average Bonchev–Trinajstić information content (AvgIpc) is 3.26. The second-order valence-corrected chi connectivity index (χ2v) is 8.57. The lowest BCUT2D eigenvalue weighted by atomic mass is 10.2. The summed E-state index contributed by atoms with van der Waals surface area (Å²) in [6.45, 7) is -0.624. The van der Waals surface area contributed by atoms with E-state index in [-0.39, 0.29) is 13.2 Å². The van der Waals surface area contributed by atoms with Crippen LogP contribution in [0.1, 0.15) is 10.1 Å². The molecule has 8 heteroatoms. The number of benzene rings is 2. The third-order valence-electron chi connectivity index (χ3n) is 3.86. The highest BCUT2D eigenvalue weighted by Gasteiger charge is 2.22. The van der Waals surface area contributed by atoms with Crippen LogP contribution in [0.25, 0.3) is 0 Å². The van der Waals surface area contributed by atoms with Crippen LogP contribution in [0, 0.1) is 0 Å². The molecule has 0 atom stereocenters. The van der Waals surface area contributed by atoms with Gasteiger partial charge in [0.15, 0.2) is 13.2 Å². The summed E-state index contributed by atoms with van der Waals surface area (Å²) in [5.41, 5.74) is 1.63. The van der Waals surface area contributed by atoms with Gasteiger partial charge in [-0.2, -0.15) is 0 Å². The molecule has 1 fully saturated rings. The molecule has 0 saturated carbocycles. The van der Waals surface area contributed by atoms with Crippen molar-refractivity contribution in [1.82, 2.24) is 0 Å². The molecule has 0 aromatic heterocycles. The molecule has 28 heavy (non-hydrogen) atoms. The van der Waals surface area contributed by atoms with Crippen molar-refractivity contribution in [3.05, 3.63) is 54.1 Å². The van der Waals surface area contributed by atoms with Gasteiger partial charge in [-0.25, -0.2) is 4.79 Å². The van der Waals surface area contributed by atoms with Gasteiger partial charge in [-0.05, 0) is 18.2 Å². The number of thioether (sulfide) groups is 2. The number of hydrogen-bond acceptors (Lipinski definition) is 7. The Morgan fingerprint density at radius 2 is 1.86 bits per heavy atom. The van der Waals surface area contributed by atoms with E-state index in [4.69, 9.17) is 14.2 Å². The van der Waals surface area contributed by atoms with E-state index in [0.717, 1.165) is 17.1 Å². The molecule has 0 bridgehead atoms. The molecular weight excluding hydrogens is 398 g/mol. The average molecular weight is 420 g/mol. The SMILES string of the molecule is COc1cccc(NC(=O)COC(=O)COc2ccccc2C2SCCS2)c1. The Bertz CT molecular complexity index is 824. The summed E-state index contributed by atoms with van der Waals surface area (Å²) in [5.74, 6) is 2.48. The Labute approximate surface area is 172 Å². The molecule has 1 heterocycles. The van der Waals surface area contributed by atoms with Gasteiger partial charge < -0.3 is 19.5 Å². The molecule has 2 aromatic carbocycles. The van der Waals surface area contributed by atoms with E-state index in [0.29, 0.717) is 21.8 Å². The van der Waals surface area contributed by atoms with Crippen LogP contribution in [0.3, 0.4) is 0 Å². The number of methoxy groups -OCH3 is 1. The van der Waals surface area contributed by atoms with Gasteiger partial charge >= 0.3 is 5.97 Å². The molecule has 1 aliphatic heterocycles. The number of anilines is 1. The number of hydrogen-bond donors (Lipinski definition) is 1. The van der Waals surface area contributed by atoms with Gasteiger partial charge in [0.25, 0.3) is 5.91 Å². The van der Waals surface area contributed by atoms with Crippen molar-refractivity contribution in [2.45, 2.75) is 4.58 Å². The molecule has 0 unspecified atom stereocenters. The molecule has 2 aromatic rings.